The summed E-state index contributed by atoms with van der Waals surface area (Å²) in [5.74, 6) is 0. The molecule has 0 fully saturated rings. The minimum Gasteiger partial charge on any atom is -0.306 e. The molecule has 8 heteroatoms. The second-order valence-electron chi connectivity index (χ2n) is 5.74. The van der Waals surface area contributed by atoms with E-state index in [4.69, 9.17) is 12.2 Å². The summed E-state index contributed by atoms with van der Waals surface area (Å²) in [5.41, 5.74) is 1.97. The Bertz CT molecular complexity index is 1180. The first-order valence-electron chi connectivity index (χ1n) is 8.33. The molecule has 6 nitrogen and oxygen atoms in total. The number of nitrogens with one attached hydrogen (secondary N) is 1. The van der Waals surface area contributed by atoms with Gasteiger partial charge in [0.15, 0.2) is 10.3 Å². The fraction of sp³-hybridized carbons (Fsp3) is 0.100. The Morgan fingerprint density at radius 1 is 1.14 bits per heavy atom. The lowest BCUT2D eigenvalue weighted by Gasteiger charge is -2.17. The van der Waals surface area contributed by atoms with Gasteiger partial charge in [0.2, 0.25) is 0 Å². The number of carbonyl (C=O) groups is 1. The number of nitriles is 1. The number of para-hydroxylation sites is 2. The van der Waals surface area contributed by atoms with Crippen molar-refractivity contribution >= 4 is 35.7 Å². The zero-order valence-electron chi connectivity index (χ0n) is 15.3. The summed E-state index contributed by atoms with van der Waals surface area (Å²) >= 11 is 7.00. The quantitative estimate of drug-likeness (QED) is 0.400. The third-order valence-electron chi connectivity index (χ3n) is 3.99. The Hall–Kier alpha value is -3.15. The molecule has 140 valence electrons. The maximum Gasteiger partial charge on any atom is 0.347 e. The van der Waals surface area contributed by atoms with Gasteiger partial charge in [-0.1, -0.05) is 36.4 Å². The summed E-state index contributed by atoms with van der Waals surface area (Å²) in [5, 5.41) is 13.1. The highest BCUT2D eigenvalue weighted by molar-refractivity contribution is 7.98. The number of urea groups is 1. The number of rotatable bonds is 3. The second kappa shape index (κ2) is 8.69. The van der Waals surface area contributed by atoms with Crippen LogP contribution in [0.15, 0.2) is 70.7 Å². The van der Waals surface area contributed by atoms with Crippen LogP contribution in [-0.4, -0.2) is 21.4 Å². The van der Waals surface area contributed by atoms with Crippen molar-refractivity contribution < 1.29 is 4.79 Å². The molecule has 0 saturated heterocycles. The van der Waals surface area contributed by atoms with Crippen LogP contribution in [0.1, 0.15) is 5.56 Å². The third-order valence-corrected chi connectivity index (χ3v) is 5.22. The summed E-state index contributed by atoms with van der Waals surface area (Å²) < 4.78 is 3.82. The van der Waals surface area contributed by atoms with E-state index in [1.807, 2.05) is 59.4 Å². The van der Waals surface area contributed by atoms with Crippen molar-refractivity contribution in [3.8, 4) is 11.8 Å². The van der Waals surface area contributed by atoms with Crippen LogP contribution in [-0.2, 0) is 7.05 Å². The van der Waals surface area contributed by atoms with Gasteiger partial charge in [0.25, 0.3) is 0 Å². The molecule has 0 saturated carbocycles. The van der Waals surface area contributed by atoms with Crippen molar-refractivity contribution in [2.75, 3.05) is 11.6 Å². The van der Waals surface area contributed by atoms with Crippen molar-refractivity contribution in [1.29, 1.82) is 5.26 Å². The van der Waals surface area contributed by atoms with E-state index in [1.54, 1.807) is 23.7 Å². The van der Waals surface area contributed by atoms with Crippen LogP contribution in [0.5, 0.6) is 0 Å². The Morgan fingerprint density at radius 2 is 1.75 bits per heavy atom. The molecule has 0 aliphatic rings. The molecule has 1 N–H and O–H groups in total. The molecule has 0 unspecified atom stereocenters. The molecule has 0 atom stereocenters. The van der Waals surface area contributed by atoms with Gasteiger partial charge in [-0.25, -0.2) is 4.79 Å². The number of aromatic nitrogens is 2. The highest BCUT2D eigenvalue weighted by Crippen LogP contribution is 2.22. The number of anilines is 1. The first-order chi connectivity index (χ1) is 13.6. The van der Waals surface area contributed by atoms with Gasteiger partial charge in [-0.15, -0.1) is 11.8 Å². The van der Waals surface area contributed by atoms with Crippen molar-refractivity contribution in [1.82, 2.24) is 9.13 Å². The molecular weight excluding hydrogens is 390 g/mol. The van der Waals surface area contributed by atoms with E-state index in [9.17, 15) is 10.1 Å². The maximum atomic E-state index is 12.4. The van der Waals surface area contributed by atoms with Gasteiger partial charge in [0, 0.05) is 18.4 Å². The minimum atomic E-state index is -0.572. The van der Waals surface area contributed by atoms with E-state index in [0.717, 1.165) is 5.69 Å². The van der Waals surface area contributed by atoms with Crippen LogP contribution in [0.2, 0.25) is 0 Å². The fourth-order valence-electron chi connectivity index (χ4n) is 2.70. The lowest BCUT2D eigenvalue weighted by molar-refractivity contribution is 0.258. The summed E-state index contributed by atoms with van der Waals surface area (Å²) in [7, 11) is 1.70. The fourth-order valence-corrected chi connectivity index (χ4v) is 3.75. The molecule has 0 bridgehead atoms. The Labute approximate surface area is 171 Å². The van der Waals surface area contributed by atoms with E-state index in [0.29, 0.717) is 15.5 Å². The number of carbonyl (C=O) groups excluding carboxylic acids is 1. The second-order valence-corrected chi connectivity index (χ2v) is 6.90. The minimum absolute atomic E-state index is 0.220. The average Bonchev–Trinajstić information content (AvgIpc) is 2.72. The Kier molecular flexibility index (Phi) is 6.09. The highest BCUT2D eigenvalue weighted by atomic mass is 32.2. The van der Waals surface area contributed by atoms with Crippen molar-refractivity contribution in [3.63, 3.8) is 0 Å². The number of benzene rings is 2. The number of amides is 2. The summed E-state index contributed by atoms with van der Waals surface area (Å²) in [4.78, 5) is 16.5. The summed E-state index contributed by atoms with van der Waals surface area (Å²) in [6, 6.07) is 20.2. The SMILES string of the molecule is CSc1c(C#N)c(=NC(=O)Nc2ccccc2)n(C)c(=S)n1-c1ccccc1. The largest absolute Gasteiger partial charge is 0.347 e. The molecular formula is C20H17N5OS2. The average molecular weight is 408 g/mol. The van der Waals surface area contributed by atoms with Crippen molar-refractivity contribution in [2.45, 2.75) is 5.03 Å². The molecule has 3 rings (SSSR count). The molecule has 0 spiro atoms. The Morgan fingerprint density at radius 3 is 2.32 bits per heavy atom. The summed E-state index contributed by atoms with van der Waals surface area (Å²) in [6.45, 7) is 0. The normalized spacial score (nSPS) is 11.1. The molecule has 1 aromatic heterocycles. The van der Waals surface area contributed by atoms with Crippen LogP contribution in [0.3, 0.4) is 0 Å². The number of hydrogen-bond donors (Lipinski definition) is 1. The van der Waals surface area contributed by atoms with Gasteiger partial charge >= 0.3 is 6.03 Å². The van der Waals surface area contributed by atoms with Crippen molar-refractivity contribution in [3.05, 3.63) is 76.5 Å². The van der Waals surface area contributed by atoms with Crippen molar-refractivity contribution in [2.24, 2.45) is 12.0 Å². The smallest absolute Gasteiger partial charge is 0.306 e. The Balaban J connectivity index is 2.21. The van der Waals surface area contributed by atoms with Gasteiger partial charge in [0.1, 0.15) is 16.7 Å². The van der Waals surface area contributed by atoms with E-state index in [2.05, 4.69) is 16.4 Å². The van der Waals surface area contributed by atoms with Gasteiger partial charge in [-0.2, -0.15) is 10.3 Å². The molecule has 0 aliphatic heterocycles. The van der Waals surface area contributed by atoms with E-state index in [-0.39, 0.29) is 11.1 Å². The zero-order chi connectivity index (χ0) is 20.1. The molecule has 1 heterocycles. The number of hydrogen-bond acceptors (Lipinski definition) is 4. The molecule has 3 aromatic rings. The van der Waals surface area contributed by atoms with E-state index < -0.39 is 6.03 Å². The number of thioether (sulfide) groups is 1. The van der Waals surface area contributed by atoms with E-state index in [1.165, 1.54) is 11.8 Å². The molecule has 2 amide bonds. The number of nitrogens with zero attached hydrogens (tertiary/aromatic N) is 4. The highest BCUT2D eigenvalue weighted by Gasteiger charge is 2.16. The lowest BCUT2D eigenvalue weighted by atomic mass is 10.3. The monoisotopic (exact) mass is 407 g/mol. The van der Waals surface area contributed by atoms with Gasteiger partial charge in [0.05, 0.1) is 0 Å². The predicted molar refractivity (Wildman–Crippen MR) is 113 cm³/mol. The summed E-state index contributed by atoms with van der Waals surface area (Å²) in [6.07, 6.45) is 1.86. The molecule has 0 aliphatic carbocycles. The van der Waals surface area contributed by atoms with Gasteiger partial charge < -0.3 is 9.88 Å². The topological polar surface area (TPSA) is 75.1 Å². The third kappa shape index (κ3) is 3.91. The standard InChI is InChI=1S/C20H17N5OS2/c1-24-17(23-19(26)22-14-9-5-3-6-10-14)16(13-21)18(28-2)25(20(24)27)15-11-7-4-8-12-15/h3-12H,1-2H3,(H,22,26). The van der Waals surface area contributed by atoms with Crippen LogP contribution < -0.4 is 10.8 Å². The van der Waals surface area contributed by atoms with Crippen LogP contribution in [0.4, 0.5) is 10.5 Å². The van der Waals surface area contributed by atoms with Gasteiger partial charge in [-0.3, -0.25) is 4.57 Å². The predicted octanol–water partition coefficient (Wildman–Crippen LogP) is 4.27. The van der Waals surface area contributed by atoms with Crippen LogP contribution >= 0.6 is 24.0 Å². The van der Waals surface area contributed by atoms with Crippen LogP contribution in [0, 0.1) is 16.1 Å². The molecule has 0 radical (unpaired) electrons. The van der Waals surface area contributed by atoms with Gasteiger partial charge in [-0.05, 0) is 42.7 Å². The molecule has 2 aromatic carbocycles. The molecule has 28 heavy (non-hydrogen) atoms. The zero-order valence-corrected chi connectivity index (χ0v) is 16.9. The first-order valence-corrected chi connectivity index (χ1v) is 9.96. The first kappa shape index (κ1) is 19.6. The van der Waals surface area contributed by atoms with E-state index >= 15 is 0 Å². The maximum absolute atomic E-state index is 12.4. The van der Waals surface area contributed by atoms with Crippen LogP contribution in [0.25, 0.3) is 5.69 Å². The lowest BCUT2D eigenvalue weighted by Crippen LogP contribution is -2.29.